The Balaban J connectivity index is 1.49. The summed E-state index contributed by atoms with van der Waals surface area (Å²) in [4.78, 5) is 26.1. The standard InChI is InChI=1S/C20H20N6O2S/c1-26(2)16-10-8-14(9-11-16)13-21-23-17(27)12-18-24-25-20(29-18)22-19(28)15-6-4-3-5-7-15/h3-11,13H,12H2,1-2H3,(H,23,27)(H,22,25,28)/b21-13-. The summed E-state index contributed by atoms with van der Waals surface area (Å²) in [5.74, 6) is -0.592. The predicted molar refractivity (Wildman–Crippen MR) is 115 cm³/mol. The number of rotatable bonds is 7. The molecule has 2 aromatic carbocycles. The van der Waals surface area contributed by atoms with Crippen molar-refractivity contribution in [3.63, 3.8) is 0 Å². The maximum Gasteiger partial charge on any atom is 0.257 e. The molecule has 8 nitrogen and oxygen atoms in total. The van der Waals surface area contributed by atoms with Gasteiger partial charge in [0.05, 0.1) is 12.6 Å². The van der Waals surface area contributed by atoms with Gasteiger partial charge in [-0.1, -0.05) is 41.7 Å². The molecule has 1 heterocycles. The Kier molecular flexibility index (Phi) is 6.64. The minimum absolute atomic E-state index is 0.0236. The topological polar surface area (TPSA) is 99.6 Å². The van der Waals surface area contributed by atoms with Crippen LogP contribution in [0.2, 0.25) is 0 Å². The highest BCUT2D eigenvalue weighted by Gasteiger charge is 2.12. The number of hydrazone groups is 1. The van der Waals surface area contributed by atoms with E-state index < -0.39 is 0 Å². The van der Waals surface area contributed by atoms with Crippen molar-refractivity contribution in [2.45, 2.75) is 6.42 Å². The monoisotopic (exact) mass is 408 g/mol. The number of benzene rings is 2. The third kappa shape index (κ3) is 5.94. The van der Waals surface area contributed by atoms with Gasteiger partial charge in [0.2, 0.25) is 11.0 Å². The molecule has 0 unspecified atom stereocenters. The first kappa shape index (κ1) is 20.2. The van der Waals surface area contributed by atoms with Crippen LogP contribution < -0.4 is 15.6 Å². The molecule has 0 atom stereocenters. The number of nitrogens with zero attached hydrogens (tertiary/aromatic N) is 4. The molecule has 0 saturated carbocycles. The van der Waals surface area contributed by atoms with Gasteiger partial charge in [0.1, 0.15) is 5.01 Å². The van der Waals surface area contributed by atoms with Gasteiger partial charge in [0.25, 0.3) is 5.91 Å². The molecule has 0 saturated heterocycles. The Labute approximate surface area is 172 Å². The van der Waals surface area contributed by atoms with Crippen molar-refractivity contribution < 1.29 is 9.59 Å². The van der Waals surface area contributed by atoms with Crippen molar-refractivity contribution in [1.82, 2.24) is 15.6 Å². The molecule has 9 heteroatoms. The normalized spacial score (nSPS) is 10.7. The van der Waals surface area contributed by atoms with Crippen LogP contribution in [0.25, 0.3) is 0 Å². The molecule has 3 aromatic rings. The van der Waals surface area contributed by atoms with Crippen LogP contribution in [0.1, 0.15) is 20.9 Å². The highest BCUT2D eigenvalue weighted by molar-refractivity contribution is 7.15. The fourth-order valence-corrected chi connectivity index (χ4v) is 3.08. The molecule has 0 radical (unpaired) electrons. The molecule has 148 valence electrons. The Hall–Kier alpha value is -3.59. The summed E-state index contributed by atoms with van der Waals surface area (Å²) < 4.78 is 0. The van der Waals surface area contributed by atoms with Gasteiger partial charge in [0, 0.05) is 25.3 Å². The van der Waals surface area contributed by atoms with E-state index in [0.29, 0.717) is 15.7 Å². The third-order valence-electron chi connectivity index (χ3n) is 3.85. The lowest BCUT2D eigenvalue weighted by Gasteiger charge is -2.11. The fourth-order valence-electron chi connectivity index (χ4n) is 2.35. The van der Waals surface area contributed by atoms with Gasteiger partial charge in [-0.15, -0.1) is 10.2 Å². The molecular weight excluding hydrogens is 388 g/mol. The Morgan fingerprint density at radius 1 is 1.07 bits per heavy atom. The van der Waals surface area contributed by atoms with E-state index in [2.05, 4.69) is 26.0 Å². The Morgan fingerprint density at radius 3 is 2.48 bits per heavy atom. The van der Waals surface area contributed by atoms with Crippen molar-refractivity contribution in [1.29, 1.82) is 0 Å². The van der Waals surface area contributed by atoms with E-state index in [4.69, 9.17) is 0 Å². The quantitative estimate of drug-likeness (QED) is 0.462. The van der Waals surface area contributed by atoms with Crippen LogP contribution in [0.5, 0.6) is 0 Å². The zero-order chi connectivity index (χ0) is 20.6. The summed E-state index contributed by atoms with van der Waals surface area (Å²) >= 11 is 1.15. The molecule has 0 aliphatic carbocycles. The first-order valence-electron chi connectivity index (χ1n) is 8.79. The summed E-state index contributed by atoms with van der Waals surface area (Å²) in [6.07, 6.45) is 1.60. The van der Waals surface area contributed by atoms with Crippen molar-refractivity contribution in [2.24, 2.45) is 5.10 Å². The second kappa shape index (κ2) is 9.56. The number of nitrogens with one attached hydrogen (secondary N) is 2. The van der Waals surface area contributed by atoms with E-state index in [1.54, 1.807) is 30.5 Å². The lowest BCUT2D eigenvalue weighted by atomic mass is 10.2. The third-order valence-corrected chi connectivity index (χ3v) is 4.69. The van der Waals surface area contributed by atoms with Crippen LogP contribution in [0.15, 0.2) is 59.7 Å². The Bertz CT molecular complexity index is 999. The minimum atomic E-state index is -0.316. The largest absolute Gasteiger partial charge is 0.378 e. The summed E-state index contributed by atoms with van der Waals surface area (Å²) in [5, 5.41) is 15.3. The van der Waals surface area contributed by atoms with Gasteiger partial charge >= 0.3 is 0 Å². The zero-order valence-corrected chi connectivity index (χ0v) is 16.8. The van der Waals surface area contributed by atoms with Crippen molar-refractivity contribution in [2.75, 3.05) is 24.3 Å². The molecule has 0 aliphatic heterocycles. The maximum absolute atomic E-state index is 12.1. The van der Waals surface area contributed by atoms with Gasteiger partial charge in [-0.05, 0) is 29.8 Å². The van der Waals surface area contributed by atoms with Crippen LogP contribution in [-0.4, -0.2) is 42.3 Å². The molecule has 3 rings (SSSR count). The lowest BCUT2D eigenvalue weighted by Crippen LogP contribution is -2.19. The molecular formula is C20H20N6O2S. The average Bonchev–Trinajstić information content (AvgIpc) is 3.15. The van der Waals surface area contributed by atoms with E-state index in [-0.39, 0.29) is 18.2 Å². The molecule has 0 spiro atoms. The van der Waals surface area contributed by atoms with E-state index in [9.17, 15) is 9.59 Å². The second-order valence-corrected chi connectivity index (χ2v) is 7.34. The number of hydrogen-bond acceptors (Lipinski definition) is 7. The summed E-state index contributed by atoms with van der Waals surface area (Å²) in [5.41, 5.74) is 4.94. The summed E-state index contributed by atoms with van der Waals surface area (Å²) in [7, 11) is 3.94. The number of anilines is 2. The van der Waals surface area contributed by atoms with E-state index in [1.807, 2.05) is 49.3 Å². The molecule has 29 heavy (non-hydrogen) atoms. The van der Waals surface area contributed by atoms with E-state index in [0.717, 1.165) is 22.6 Å². The number of hydrogen-bond donors (Lipinski definition) is 2. The van der Waals surface area contributed by atoms with Crippen LogP contribution in [0.4, 0.5) is 10.8 Å². The minimum Gasteiger partial charge on any atom is -0.378 e. The highest BCUT2D eigenvalue weighted by Crippen LogP contribution is 2.16. The molecule has 0 aliphatic rings. The number of carbonyl (C=O) groups excluding carboxylic acids is 2. The van der Waals surface area contributed by atoms with Crippen LogP contribution in [0, 0.1) is 0 Å². The van der Waals surface area contributed by atoms with Gasteiger partial charge in [-0.2, -0.15) is 5.10 Å². The first-order valence-corrected chi connectivity index (χ1v) is 9.61. The maximum atomic E-state index is 12.1. The molecule has 2 N–H and O–H groups in total. The summed E-state index contributed by atoms with van der Waals surface area (Å²) in [6.45, 7) is 0. The molecule has 0 fully saturated rings. The highest BCUT2D eigenvalue weighted by atomic mass is 32.1. The van der Waals surface area contributed by atoms with Gasteiger partial charge < -0.3 is 4.90 Å². The molecule has 2 amide bonds. The number of carbonyl (C=O) groups is 2. The Morgan fingerprint density at radius 2 is 1.79 bits per heavy atom. The van der Waals surface area contributed by atoms with Crippen LogP contribution in [-0.2, 0) is 11.2 Å². The molecule has 0 bridgehead atoms. The van der Waals surface area contributed by atoms with E-state index >= 15 is 0 Å². The molecule has 1 aromatic heterocycles. The van der Waals surface area contributed by atoms with Crippen molar-refractivity contribution >= 4 is 40.2 Å². The number of aromatic nitrogens is 2. The zero-order valence-electron chi connectivity index (χ0n) is 16.0. The van der Waals surface area contributed by atoms with E-state index in [1.165, 1.54) is 0 Å². The van der Waals surface area contributed by atoms with Crippen molar-refractivity contribution in [3.05, 3.63) is 70.7 Å². The SMILES string of the molecule is CN(C)c1ccc(/C=N\NC(=O)Cc2nnc(NC(=O)c3ccccc3)s2)cc1. The van der Waals surface area contributed by atoms with Gasteiger partial charge in [-0.25, -0.2) is 5.43 Å². The summed E-state index contributed by atoms with van der Waals surface area (Å²) in [6, 6.07) is 16.6. The second-order valence-electron chi connectivity index (χ2n) is 6.28. The average molecular weight is 408 g/mol. The smallest absolute Gasteiger partial charge is 0.257 e. The first-order chi connectivity index (χ1) is 14.0. The lowest BCUT2D eigenvalue weighted by molar-refractivity contribution is -0.120. The number of amides is 2. The fraction of sp³-hybridized carbons (Fsp3) is 0.150. The van der Waals surface area contributed by atoms with Gasteiger partial charge in [-0.3, -0.25) is 14.9 Å². The van der Waals surface area contributed by atoms with Crippen molar-refractivity contribution in [3.8, 4) is 0 Å². The van der Waals surface area contributed by atoms with Crippen LogP contribution in [0.3, 0.4) is 0 Å². The van der Waals surface area contributed by atoms with Gasteiger partial charge in [0.15, 0.2) is 0 Å². The van der Waals surface area contributed by atoms with Crippen LogP contribution >= 0.6 is 11.3 Å². The predicted octanol–water partition coefficient (Wildman–Crippen LogP) is 2.55.